The van der Waals surface area contributed by atoms with Gasteiger partial charge in [0, 0.05) is 25.7 Å². The molecule has 0 aliphatic rings. The first-order valence-corrected chi connectivity index (χ1v) is 13.1. The highest BCUT2D eigenvalue weighted by molar-refractivity contribution is 5.94. The molecule has 0 radical (unpaired) electrons. The van der Waals surface area contributed by atoms with Crippen LogP contribution in [0.15, 0.2) is 54.6 Å². The molecule has 0 bridgehead atoms. The molecule has 10 N–H and O–H groups in total. The normalized spacial score (nSPS) is 13.5. The van der Waals surface area contributed by atoms with E-state index in [1.54, 1.807) is 30.3 Å². The monoisotopic (exact) mass is 585 g/mol. The van der Waals surface area contributed by atoms with Crippen LogP contribution < -0.4 is 27.4 Å². The van der Waals surface area contributed by atoms with Crippen LogP contribution >= 0.6 is 0 Å². The summed E-state index contributed by atoms with van der Waals surface area (Å²) in [5, 5.41) is 35.4. The third-order valence-electron chi connectivity index (χ3n) is 6.22. The molecular formula is C28H35N5O9. The van der Waals surface area contributed by atoms with E-state index in [1.165, 1.54) is 24.3 Å². The maximum absolute atomic E-state index is 13.5. The zero-order chi connectivity index (χ0) is 31.2. The number of nitrogens with one attached hydrogen (secondary N) is 3. The SMILES string of the molecule is NC(=O)CCC(NC(=O)C(Cc1ccc(O)cc1)NC(=O)C(Cc1ccccc1)NC(=O)C(N)CCC(=O)O)C(=O)O. The van der Waals surface area contributed by atoms with Gasteiger partial charge in [0.15, 0.2) is 0 Å². The van der Waals surface area contributed by atoms with Gasteiger partial charge in [-0.3, -0.25) is 24.0 Å². The summed E-state index contributed by atoms with van der Waals surface area (Å²) >= 11 is 0. The molecule has 0 fully saturated rings. The highest BCUT2D eigenvalue weighted by Gasteiger charge is 2.31. The van der Waals surface area contributed by atoms with Gasteiger partial charge in [-0.15, -0.1) is 0 Å². The lowest BCUT2D eigenvalue weighted by Gasteiger charge is -2.25. The van der Waals surface area contributed by atoms with Crippen molar-refractivity contribution in [3.05, 3.63) is 65.7 Å². The van der Waals surface area contributed by atoms with Gasteiger partial charge >= 0.3 is 11.9 Å². The number of aromatic hydroxyl groups is 1. The van der Waals surface area contributed by atoms with Gasteiger partial charge in [-0.05, 0) is 36.1 Å². The summed E-state index contributed by atoms with van der Waals surface area (Å²) in [4.78, 5) is 73.2. The molecule has 4 amide bonds. The van der Waals surface area contributed by atoms with Gasteiger partial charge < -0.3 is 42.7 Å². The number of phenolic OH excluding ortho intramolecular Hbond substituents is 1. The van der Waals surface area contributed by atoms with E-state index in [4.69, 9.17) is 16.6 Å². The fourth-order valence-corrected chi connectivity index (χ4v) is 3.91. The van der Waals surface area contributed by atoms with Gasteiger partial charge in [0.2, 0.25) is 23.6 Å². The standard InChI is InChI=1S/C28H35N5O9/c29-19(10-13-24(36)37)25(38)32-21(14-16-4-2-1-3-5-16)27(40)33-22(15-17-6-8-18(34)9-7-17)26(39)31-20(28(41)42)11-12-23(30)35/h1-9,19-22,34H,10-15,29H2,(H2,30,35)(H,31,39)(H,32,38)(H,33,40)(H,36,37)(H,41,42). The van der Waals surface area contributed by atoms with Crippen LogP contribution in [0.4, 0.5) is 0 Å². The van der Waals surface area contributed by atoms with E-state index in [0.29, 0.717) is 11.1 Å². The fourth-order valence-electron chi connectivity index (χ4n) is 3.91. The predicted molar refractivity (Wildman–Crippen MR) is 149 cm³/mol. The van der Waals surface area contributed by atoms with Crippen molar-refractivity contribution in [2.45, 2.75) is 62.7 Å². The molecule has 2 aromatic carbocycles. The Morgan fingerprint density at radius 2 is 1.17 bits per heavy atom. The molecule has 2 rings (SSSR count). The molecule has 14 nitrogen and oxygen atoms in total. The lowest BCUT2D eigenvalue weighted by molar-refractivity contribution is -0.142. The summed E-state index contributed by atoms with van der Waals surface area (Å²) in [5.41, 5.74) is 12.1. The zero-order valence-electron chi connectivity index (χ0n) is 22.7. The van der Waals surface area contributed by atoms with Crippen molar-refractivity contribution in [2.24, 2.45) is 11.5 Å². The average molecular weight is 586 g/mol. The number of primary amides is 1. The molecule has 14 heteroatoms. The molecule has 4 atom stereocenters. The third-order valence-corrected chi connectivity index (χ3v) is 6.22. The largest absolute Gasteiger partial charge is 0.508 e. The molecule has 0 aliphatic carbocycles. The number of benzene rings is 2. The van der Waals surface area contributed by atoms with Gasteiger partial charge in [-0.2, -0.15) is 0 Å². The Labute approximate surface area is 241 Å². The van der Waals surface area contributed by atoms with E-state index in [-0.39, 0.29) is 44.3 Å². The van der Waals surface area contributed by atoms with Gasteiger partial charge in [-0.25, -0.2) is 4.79 Å². The average Bonchev–Trinajstić information content (AvgIpc) is 2.94. The molecule has 0 saturated heterocycles. The van der Waals surface area contributed by atoms with E-state index in [9.17, 15) is 39.0 Å². The molecule has 0 spiro atoms. The second-order valence-electron chi connectivity index (χ2n) is 9.63. The van der Waals surface area contributed by atoms with E-state index < -0.39 is 59.7 Å². The van der Waals surface area contributed by atoms with Crippen LogP contribution in [0.1, 0.15) is 36.8 Å². The smallest absolute Gasteiger partial charge is 0.326 e. The first-order chi connectivity index (χ1) is 19.8. The Hall–Kier alpha value is -4.98. The molecule has 2 aromatic rings. The van der Waals surface area contributed by atoms with Gasteiger partial charge in [-0.1, -0.05) is 42.5 Å². The van der Waals surface area contributed by atoms with Crippen LogP contribution in [0.5, 0.6) is 5.75 Å². The maximum atomic E-state index is 13.5. The molecule has 226 valence electrons. The maximum Gasteiger partial charge on any atom is 0.326 e. The Bertz CT molecular complexity index is 1250. The van der Waals surface area contributed by atoms with Crippen LogP contribution in [0.25, 0.3) is 0 Å². The summed E-state index contributed by atoms with van der Waals surface area (Å²) < 4.78 is 0. The van der Waals surface area contributed by atoms with Crippen molar-refractivity contribution >= 4 is 35.6 Å². The zero-order valence-corrected chi connectivity index (χ0v) is 22.7. The predicted octanol–water partition coefficient (Wildman–Crippen LogP) is -0.826. The Kier molecular flexibility index (Phi) is 12.9. The van der Waals surface area contributed by atoms with Crippen molar-refractivity contribution in [1.29, 1.82) is 0 Å². The number of nitrogens with two attached hydrogens (primary N) is 2. The number of hydrogen-bond donors (Lipinski definition) is 8. The number of aliphatic carboxylic acids is 2. The Morgan fingerprint density at radius 3 is 1.67 bits per heavy atom. The third kappa shape index (κ3) is 11.6. The van der Waals surface area contributed by atoms with E-state index in [0.717, 1.165) is 0 Å². The highest BCUT2D eigenvalue weighted by Crippen LogP contribution is 2.13. The lowest BCUT2D eigenvalue weighted by Crippen LogP contribution is -2.58. The van der Waals surface area contributed by atoms with Crippen molar-refractivity contribution in [3.63, 3.8) is 0 Å². The van der Waals surface area contributed by atoms with Gasteiger partial charge in [0.05, 0.1) is 6.04 Å². The number of amides is 4. The lowest BCUT2D eigenvalue weighted by atomic mass is 10.0. The minimum absolute atomic E-state index is 0.00598. The number of rotatable bonds is 17. The summed E-state index contributed by atoms with van der Waals surface area (Å²) in [5.74, 6) is -5.79. The number of carbonyl (C=O) groups is 6. The van der Waals surface area contributed by atoms with Crippen LogP contribution in [0.3, 0.4) is 0 Å². The van der Waals surface area contributed by atoms with E-state index in [2.05, 4.69) is 16.0 Å². The van der Waals surface area contributed by atoms with Crippen LogP contribution in [-0.2, 0) is 41.6 Å². The summed E-state index contributed by atoms with van der Waals surface area (Å²) in [7, 11) is 0. The number of carboxylic acid groups (broad SMARTS) is 2. The summed E-state index contributed by atoms with van der Waals surface area (Å²) in [6.45, 7) is 0. The van der Waals surface area contributed by atoms with Crippen molar-refractivity contribution < 1.29 is 44.1 Å². The molecule has 4 unspecified atom stereocenters. The molecule has 42 heavy (non-hydrogen) atoms. The number of carboxylic acids is 2. The molecule has 0 saturated carbocycles. The molecule has 0 aromatic heterocycles. The number of carbonyl (C=O) groups excluding carboxylic acids is 4. The topological polar surface area (TPSA) is 251 Å². The molecule has 0 aliphatic heterocycles. The Morgan fingerprint density at radius 1 is 0.667 bits per heavy atom. The molecular weight excluding hydrogens is 550 g/mol. The second kappa shape index (κ2) is 16.3. The molecule has 0 heterocycles. The first-order valence-electron chi connectivity index (χ1n) is 13.1. The van der Waals surface area contributed by atoms with Crippen LogP contribution in [0.2, 0.25) is 0 Å². The minimum Gasteiger partial charge on any atom is -0.508 e. The van der Waals surface area contributed by atoms with Crippen molar-refractivity contribution in [2.75, 3.05) is 0 Å². The summed E-state index contributed by atoms with van der Waals surface area (Å²) in [6, 6.07) is 9.13. The van der Waals surface area contributed by atoms with Gasteiger partial charge in [0.25, 0.3) is 0 Å². The number of hydrogen-bond acceptors (Lipinski definition) is 8. The first kappa shape index (κ1) is 33.2. The quantitative estimate of drug-likeness (QED) is 0.114. The van der Waals surface area contributed by atoms with Crippen LogP contribution in [-0.4, -0.2) is 75.1 Å². The fraction of sp³-hybridized carbons (Fsp3) is 0.357. The van der Waals surface area contributed by atoms with Gasteiger partial charge in [0.1, 0.15) is 23.9 Å². The van der Waals surface area contributed by atoms with Crippen molar-refractivity contribution in [3.8, 4) is 5.75 Å². The second-order valence-corrected chi connectivity index (χ2v) is 9.63. The highest BCUT2D eigenvalue weighted by atomic mass is 16.4. The number of phenols is 1. The van der Waals surface area contributed by atoms with Crippen molar-refractivity contribution in [1.82, 2.24) is 16.0 Å². The Balaban J connectivity index is 2.31. The summed E-state index contributed by atoms with van der Waals surface area (Å²) in [6.07, 6.45) is -1.25. The van der Waals surface area contributed by atoms with Crippen LogP contribution in [0, 0.1) is 0 Å². The van der Waals surface area contributed by atoms with E-state index in [1.807, 2.05) is 0 Å². The minimum atomic E-state index is -1.48. The van der Waals surface area contributed by atoms with E-state index >= 15 is 0 Å².